The summed E-state index contributed by atoms with van der Waals surface area (Å²) in [4.78, 5) is 33.0. The van der Waals surface area contributed by atoms with Crippen LogP contribution in [-0.4, -0.2) is 21.8 Å². The average molecular weight is 487 g/mol. The number of thiazole rings is 1. The molecule has 1 N–H and O–H groups in total. The minimum absolute atomic E-state index is 0.00449. The van der Waals surface area contributed by atoms with Crippen molar-refractivity contribution in [1.82, 2.24) is 4.98 Å². The molecule has 2 aromatic carbocycles. The highest BCUT2D eigenvalue weighted by Crippen LogP contribution is 2.44. The Kier molecular flexibility index (Phi) is 5.81. The summed E-state index contributed by atoms with van der Waals surface area (Å²) in [7, 11) is 0. The van der Waals surface area contributed by atoms with Gasteiger partial charge in [-0.3, -0.25) is 14.5 Å². The fourth-order valence-corrected chi connectivity index (χ4v) is 5.44. The molecule has 6 nitrogen and oxygen atoms in total. The number of carbonyl (C=O) groups excluding carboxylic acids is 2. The molecular formula is C28H26N2O4S. The lowest BCUT2D eigenvalue weighted by Crippen LogP contribution is -2.31. The van der Waals surface area contributed by atoms with E-state index in [4.69, 9.17) is 9.40 Å². The minimum Gasteiger partial charge on any atom is -0.503 e. The van der Waals surface area contributed by atoms with Crippen LogP contribution < -0.4 is 4.90 Å². The first kappa shape index (κ1) is 23.1. The molecule has 0 unspecified atom stereocenters. The van der Waals surface area contributed by atoms with E-state index >= 15 is 0 Å². The lowest BCUT2D eigenvalue weighted by atomic mass is 9.93. The maximum atomic E-state index is 13.5. The second kappa shape index (κ2) is 8.82. The lowest BCUT2D eigenvalue weighted by molar-refractivity contribution is -0.117. The van der Waals surface area contributed by atoms with Crippen LogP contribution >= 0.6 is 11.3 Å². The van der Waals surface area contributed by atoms with E-state index in [1.165, 1.54) is 21.8 Å². The number of hydrogen-bond acceptors (Lipinski definition) is 6. The summed E-state index contributed by atoms with van der Waals surface area (Å²) in [5, 5.41) is 11.4. The second-order valence-electron chi connectivity index (χ2n) is 9.05. The Hall–Kier alpha value is -3.71. The van der Waals surface area contributed by atoms with Crippen molar-refractivity contribution in [2.24, 2.45) is 0 Å². The molecule has 0 radical (unpaired) electrons. The predicted octanol–water partition coefficient (Wildman–Crippen LogP) is 6.67. The van der Waals surface area contributed by atoms with Crippen molar-refractivity contribution in [2.45, 2.75) is 46.1 Å². The predicted molar refractivity (Wildman–Crippen MR) is 137 cm³/mol. The number of fused-ring (bicyclic) bond motifs is 1. The molecule has 3 heterocycles. The van der Waals surface area contributed by atoms with Crippen LogP contribution in [0.1, 0.15) is 65.7 Å². The van der Waals surface area contributed by atoms with Crippen molar-refractivity contribution < 1.29 is 19.1 Å². The topological polar surface area (TPSA) is 83.6 Å². The molecule has 0 spiro atoms. The summed E-state index contributed by atoms with van der Waals surface area (Å²) in [5.74, 6) is -0.748. The summed E-state index contributed by atoms with van der Waals surface area (Å²) in [6.45, 7) is 8.03. The van der Waals surface area contributed by atoms with Gasteiger partial charge >= 0.3 is 0 Å². The van der Waals surface area contributed by atoms with Crippen LogP contribution in [0.2, 0.25) is 0 Å². The molecular weight excluding hydrogens is 460 g/mol. The Morgan fingerprint density at radius 3 is 2.51 bits per heavy atom. The van der Waals surface area contributed by atoms with Crippen molar-refractivity contribution in [3.8, 4) is 0 Å². The van der Waals surface area contributed by atoms with Gasteiger partial charge in [-0.15, -0.1) is 0 Å². The van der Waals surface area contributed by atoms with Gasteiger partial charge < -0.3 is 9.52 Å². The number of carbonyl (C=O) groups is 2. The summed E-state index contributed by atoms with van der Waals surface area (Å²) in [6, 6.07) is 16.2. The van der Waals surface area contributed by atoms with Crippen LogP contribution in [0.25, 0.3) is 10.2 Å². The van der Waals surface area contributed by atoms with E-state index in [9.17, 15) is 14.7 Å². The third-order valence-corrected chi connectivity index (χ3v) is 7.41. The Morgan fingerprint density at radius 1 is 1.14 bits per heavy atom. The zero-order valence-electron chi connectivity index (χ0n) is 20.0. The van der Waals surface area contributed by atoms with Crippen molar-refractivity contribution in [3.05, 3.63) is 94.1 Å². The highest BCUT2D eigenvalue weighted by atomic mass is 32.1. The van der Waals surface area contributed by atoms with Gasteiger partial charge in [0, 0.05) is 0 Å². The van der Waals surface area contributed by atoms with Crippen LogP contribution in [0.5, 0.6) is 0 Å². The van der Waals surface area contributed by atoms with E-state index in [0.717, 1.165) is 22.2 Å². The van der Waals surface area contributed by atoms with Gasteiger partial charge in [0.05, 0.1) is 21.8 Å². The van der Waals surface area contributed by atoms with Gasteiger partial charge in [-0.05, 0) is 60.2 Å². The molecule has 35 heavy (non-hydrogen) atoms. The average Bonchev–Trinajstić information content (AvgIpc) is 3.54. The Labute approximate surface area is 207 Å². The van der Waals surface area contributed by atoms with E-state index in [1.807, 2.05) is 36.4 Å². The number of furan rings is 1. The molecule has 0 fully saturated rings. The van der Waals surface area contributed by atoms with E-state index in [1.54, 1.807) is 19.1 Å². The van der Waals surface area contributed by atoms with Gasteiger partial charge in [0.25, 0.3) is 5.91 Å². The molecule has 7 heteroatoms. The molecule has 178 valence electrons. The molecule has 1 aliphatic rings. The minimum atomic E-state index is -0.826. The number of aliphatic hydroxyl groups excluding tert-OH is 1. The summed E-state index contributed by atoms with van der Waals surface area (Å²) < 4.78 is 6.50. The normalized spacial score (nSPS) is 16.2. The quantitative estimate of drug-likeness (QED) is 0.308. The second-order valence-corrected chi connectivity index (χ2v) is 10.1. The number of amides is 1. The smallest absolute Gasteiger partial charge is 0.296 e. The number of benzene rings is 2. The molecule has 1 atom stereocenters. The van der Waals surface area contributed by atoms with Crippen molar-refractivity contribution in [1.29, 1.82) is 0 Å². The monoisotopic (exact) mass is 486 g/mol. The highest BCUT2D eigenvalue weighted by Gasteiger charge is 2.46. The highest BCUT2D eigenvalue weighted by molar-refractivity contribution is 7.22. The Bertz CT molecular complexity index is 1480. The van der Waals surface area contributed by atoms with Gasteiger partial charge in [-0.1, -0.05) is 62.4 Å². The van der Waals surface area contributed by atoms with Crippen molar-refractivity contribution in [3.63, 3.8) is 0 Å². The molecule has 2 aromatic heterocycles. The molecule has 0 aliphatic carbocycles. The van der Waals surface area contributed by atoms with E-state index in [2.05, 4.69) is 26.8 Å². The largest absolute Gasteiger partial charge is 0.503 e. The zero-order chi connectivity index (χ0) is 24.9. The first-order chi connectivity index (χ1) is 16.8. The first-order valence-electron chi connectivity index (χ1n) is 11.7. The summed E-state index contributed by atoms with van der Waals surface area (Å²) >= 11 is 1.37. The van der Waals surface area contributed by atoms with E-state index < -0.39 is 23.5 Å². The number of aryl methyl sites for hydroxylation is 2. The number of ketones is 1. The van der Waals surface area contributed by atoms with Crippen molar-refractivity contribution in [2.75, 3.05) is 4.90 Å². The lowest BCUT2D eigenvalue weighted by Gasteiger charge is -2.24. The Balaban J connectivity index is 1.66. The SMILES string of the molecule is CCc1ccc2nc(N3C(=O)C(O)=C(C(=O)c4ccc(C)o4)[C@H]3c3ccc(C(C)C)cc3)sc2c1. The molecule has 4 aromatic rings. The van der Waals surface area contributed by atoms with Gasteiger partial charge in [-0.2, -0.15) is 0 Å². The van der Waals surface area contributed by atoms with Crippen LogP contribution in [0.3, 0.4) is 0 Å². The van der Waals surface area contributed by atoms with E-state index in [-0.39, 0.29) is 11.3 Å². The maximum Gasteiger partial charge on any atom is 0.296 e. The number of aliphatic hydroxyl groups is 1. The number of rotatable bonds is 6. The number of Topliss-reactive ketones (excluding diaryl/α,β-unsaturated/α-hetero) is 1. The van der Waals surface area contributed by atoms with Crippen LogP contribution in [0.4, 0.5) is 5.13 Å². The fourth-order valence-electron chi connectivity index (χ4n) is 4.38. The molecule has 0 bridgehead atoms. The van der Waals surface area contributed by atoms with Gasteiger partial charge in [0.1, 0.15) is 5.76 Å². The Morgan fingerprint density at radius 2 is 1.89 bits per heavy atom. The molecule has 0 saturated heterocycles. The fraction of sp³-hybridized carbons (Fsp3) is 0.250. The number of nitrogens with zero attached hydrogens (tertiary/aromatic N) is 2. The van der Waals surface area contributed by atoms with Crippen molar-refractivity contribution >= 4 is 38.4 Å². The summed E-state index contributed by atoms with van der Waals surface area (Å²) in [6.07, 6.45) is 0.889. The number of aromatic nitrogens is 1. The maximum absolute atomic E-state index is 13.5. The first-order valence-corrected chi connectivity index (χ1v) is 12.5. The van der Waals surface area contributed by atoms with Gasteiger partial charge in [0.15, 0.2) is 16.7 Å². The van der Waals surface area contributed by atoms with E-state index in [0.29, 0.717) is 22.4 Å². The third kappa shape index (κ3) is 3.96. The molecule has 1 amide bonds. The zero-order valence-corrected chi connectivity index (χ0v) is 20.8. The molecule has 5 rings (SSSR count). The number of anilines is 1. The standard InChI is InChI=1S/C28H26N2O4S/c1-5-17-7-12-20-22(14-17)35-28(29-20)30-24(19-10-8-18(9-11-19)15(2)3)23(26(32)27(30)33)25(31)21-13-6-16(4)34-21/h6-15,24,32H,5H2,1-4H3/t24-/m1/s1. The molecule has 1 aliphatic heterocycles. The third-order valence-electron chi connectivity index (χ3n) is 6.39. The number of hydrogen-bond donors (Lipinski definition) is 1. The van der Waals surface area contributed by atoms with Gasteiger partial charge in [0.2, 0.25) is 5.78 Å². The van der Waals surface area contributed by atoms with Gasteiger partial charge in [-0.25, -0.2) is 4.98 Å². The van der Waals surface area contributed by atoms with Crippen LogP contribution in [0, 0.1) is 6.92 Å². The molecule has 0 saturated carbocycles. The van der Waals surface area contributed by atoms with Crippen LogP contribution in [0.15, 0.2) is 70.3 Å². The van der Waals surface area contributed by atoms with Crippen LogP contribution in [-0.2, 0) is 11.2 Å². The summed E-state index contributed by atoms with van der Waals surface area (Å²) in [5.41, 5.74) is 3.79.